The SMILES string of the molecule is CN(C)CCO[C@]12CCCC[C@@]1(S(=O)(=O)c1ccc(Cl)cc1)c1c(F)ccc(F)c1OC2. The van der Waals surface area contributed by atoms with Gasteiger partial charge in [0, 0.05) is 11.6 Å². The van der Waals surface area contributed by atoms with Crippen LogP contribution in [0.4, 0.5) is 8.78 Å². The maximum Gasteiger partial charge on any atom is 0.191 e. The molecule has 0 aromatic heterocycles. The third-order valence-corrected chi connectivity index (χ3v) is 9.35. The molecule has 1 aliphatic heterocycles. The lowest BCUT2D eigenvalue weighted by Gasteiger charge is -2.54. The van der Waals surface area contributed by atoms with Crippen LogP contribution < -0.4 is 4.74 Å². The molecule has 1 heterocycles. The van der Waals surface area contributed by atoms with Crippen LogP contribution in [0.3, 0.4) is 0 Å². The first-order valence-electron chi connectivity index (χ1n) is 10.5. The van der Waals surface area contributed by atoms with E-state index in [1.54, 1.807) is 0 Å². The lowest BCUT2D eigenvalue weighted by Crippen LogP contribution is -2.65. The zero-order chi connectivity index (χ0) is 23.1. The van der Waals surface area contributed by atoms with Gasteiger partial charge in [-0.15, -0.1) is 0 Å². The number of fused-ring (bicyclic) bond motifs is 3. The fourth-order valence-corrected chi connectivity index (χ4v) is 7.58. The Hall–Kier alpha value is -1.74. The minimum atomic E-state index is -4.25. The van der Waals surface area contributed by atoms with Gasteiger partial charge >= 0.3 is 0 Å². The maximum absolute atomic E-state index is 15.4. The summed E-state index contributed by atoms with van der Waals surface area (Å²) in [6.07, 6.45) is 1.66. The average molecular weight is 486 g/mol. The van der Waals surface area contributed by atoms with Crippen LogP contribution in [0.25, 0.3) is 0 Å². The fourth-order valence-electron chi connectivity index (χ4n) is 4.98. The predicted molar refractivity (Wildman–Crippen MR) is 118 cm³/mol. The third kappa shape index (κ3) is 3.52. The van der Waals surface area contributed by atoms with Gasteiger partial charge in [-0.1, -0.05) is 24.4 Å². The minimum Gasteiger partial charge on any atom is -0.487 e. The lowest BCUT2D eigenvalue weighted by atomic mass is 9.69. The van der Waals surface area contributed by atoms with Crippen LogP contribution in [-0.2, 0) is 19.3 Å². The van der Waals surface area contributed by atoms with Crippen molar-refractivity contribution in [1.29, 1.82) is 0 Å². The Morgan fingerprint density at radius 3 is 2.41 bits per heavy atom. The molecule has 1 aliphatic carbocycles. The summed E-state index contributed by atoms with van der Waals surface area (Å²) in [5.41, 5.74) is -1.63. The van der Waals surface area contributed by atoms with Gasteiger partial charge in [0.1, 0.15) is 22.8 Å². The van der Waals surface area contributed by atoms with E-state index in [1.165, 1.54) is 24.3 Å². The molecule has 2 aliphatic rings. The van der Waals surface area contributed by atoms with E-state index < -0.39 is 31.8 Å². The van der Waals surface area contributed by atoms with Crippen LogP contribution in [0.1, 0.15) is 31.2 Å². The number of benzene rings is 2. The van der Waals surface area contributed by atoms with Gasteiger partial charge in [0.2, 0.25) is 0 Å². The summed E-state index contributed by atoms with van der Waals surface area (Å²) < 4.78 is 68.9. The van der Waals surface area contributed by atoms with E-state index >= 15 is 4.39 Å². The second-order valence-corrected chi connectivity index (χ2v) is 11.3. The Morgan fingerprint density at radius 1 is 1.06 bits per heavy atom. The van der Waals surface area contributed by atoms with Gasteiger partial charge in [0.05, 0.1) is 17.1 Å². The summed E-state index contributed by atoms with van der Waals surface area (Å²) in [5, 5.41) is 0.378. The van der Waals surface area contributed by atoms with E-state index in [0.29, 0.717) is 30.8 Å². The van der Waals surface area contributed by atoms with E-state index in [-0.39, 0.29) is 35.8 Å². The number of likely N-dealkylation sites (N-methyl/N-ethyl adjacent to an activating group) is 1. The van der Waals surface area contributed by atoms with E-state index in [0.717, 1.165) is 12.1 Å². The molecule has 0 spiro atoms. The molecule has 174 valence electrons. The Bertz CT molecular complexity index is 1110. The number of ether oxygens (including phenoxy) is 2. The molecule has 2 aromatic carbocycles. The van der Waals surface area contributed by atoms with E-state index in [4.69, 9.17) is 21.1 Å². The van der Waals surface area contributed by atoms with Crippen LogP contribution in [0.15, 0.2) is 41.3 Å². The zero-order valence-corrected chi connectivity index (χ0v) is 19.6. The molecule has 2 atom stereocenters. The monoisotopic (exact) mass is 485 g/mol. The van der Waals surface area contributed by atoms with Gasteiger partial charge < -0.3 is 14.4 Å². The number of rotatable bonds is 6. The smallest absolute Gasteiger partial charge is 0.191 e. The van der Waals surface area contributed by atoms with Crippen molar-refractivity contribution in [2.45, 2.75) is 40.9 Å². The highest BCUT2D eigenvalue weighted by molar-refractivity contribution is 7.92. The molecule has 0 amide bonds. The largest absolute Gasteiger partial charge is 0.487 e. The summed E-state index contributed by atoms with van der Waals surface area (Å²) in [4.78, 5) is 1.90. The number of halogens is 3. The molecule has 1 fully saturated rings. The van der Waals surface area contributed by atoms with Crippen molar-refractivity contribution in [2.24, 2.45) is 0 Å². The molecule has 0 N–H and O–H groups in total. The highest BCUT2D eigenvalue weighted by atomic mass is 35.5. The van der Waals surface area contributed by atoms with E-state index in [1.807, 2.05) is 19.0 Å². The Labute approximate surface area is 192 Å². The Kier molecular flexibility index (Phi) is 6.26. The normalized spacial score (nSPS) is 25.2. The quantitative estimate of drug-likeness (QED) is 0.600. The van der Waals surface area contributed by atoms with Crippen molar-refractivity contribution in [3.8, 4) is 5.75 Å². The molecule has 0 bridgehead atoms. The van der Waals surface area contributed by atoms with Crippen LogP contribution in [0, 0.1) is 11.6 Å². The molecule has 2 aromatic rings. The second-order valence-electron chi connectivity index (χ2n) is 8.66. The molecule has 1 saturated carbocycles. The van der Waals surface area contributed by atoms with Crippen molar-refractivity contribution in [1.82, 2.24) is 4.90 Å². The number of nitrogens with zero attached hydrogens (tertiary/aromatic N) is 1. The van der Waals surface area contributed by atoms with Crippen LogP contribution >= 0.6 is 11.6 Å². The van der Waals surface area contributed by atoms with Crippen molar-refractivity contribution in [2.75, 3.05) is 33.9 Å². The van der Waals surface area contributed by atoms with Gasteiger partial charge in [-0.25, -0.2) is 17.2 Å². The maximum atomic E-state index is 15.4. The fraction of sp³-hybridized carbons (Fsp3) is 0.478. The predicted octanol–water partition coefficient (Wildman–Crippen LogP) is 4.57. The Morgan fingerprint density at radius 2 is 1.72 bits per heavy atom. The van der Waals surface area contributed by atoms with Crippen molar-refractivity contribution in [3.63, 3.8) is 0 Å². The average Bonchev–Trinajstić information content (AvgIpc) is 2.75. The highest BCUT2D eigenvalue weighted by Crippen LogP contribution is 2.59. The summed E-state index contributed by atoms with van der Waals surface area (Å²) in [6, 6.07) is 7.67. The van der Waals surface area contributed by atoms with Crippen LogP contribution in [0.2, 0.25) is 5.02 Å². The van der Waals surface area contributed by atoms with Crippen molar-refractivity contribution in [3.05, 3.63) is 58.6 Å². The van der Waals surface area contributed by atoms with Gasteiger partial charge in [0.25, 0.3) is 0 Å². The van der Waals surface area contributed by atoms with Crippen LogP contribution in [0.5, 0.6) is 5.75 Å². The first kappa shape index (κ1) is 23.4. The molecule has 5 nitrogen and oxygen atoms in total. The van der Waals surface area contributed by atoms with Gasteiger partial charge in [-0.3, -0.25) is 0 Å². The zero-order valence-electron chi connectivity index (χ0n) is 18.0. The molecule has 0 radical (unpaired) electrons. The van der Waals surface area contributed by atoms with E-state index in [9.17, 15) is 12.8 Å². The summed E-state index contributed by atoms with van der Waals surface area (Å²) in [6.45, 7) is 0.582. The molecule has 0 saturated heterocycles. The summed E-state index contributed by atoms with van der Waals surface area (Å²) in [5.74, 6) is -1.96. The second kappa shape index (κ2) is 8.56. The lowest BCUT2D eigenvalue weighted by molar-refractivity contribution is -0.135. The third-order valence-electron chi connectivity index (χ3n) is 6.51. The number of sulfone groups is 1. The van der Waals surface area contributed by atoms with E-state index in [2.05, 4.69) is 0 Å². The molecular formula is C23H26ClF2NO4S. The standard InChI is InChI=1S/C23H26ClF2NO4S/c1-27(2)13-14-31-22-11-3-4-12-23(22,32(28,29)17-7-5-16(24)6-8-17)20-18(25)9-10-19(26)21(20)30-15-22/h5-10H,3-4,11-15H2,1-2H3/t22-,23+/m0/s1. The van der Waals surface area contributed by atoms with Gasteiger partial charge in [-0.2, -0.15) is 0 Å². The molecule has 9 heteroatoms. The van der Waals surface area contributed by atoms with Crippen molar-refractivity contribution >= 4 is 21.4 Å². The molecule has 4 rings (SSSR count). The molecule has 0 unspecified atom stereocenters. The van der Waals surface area contributed by atoms with Gasteiger partial charge in [-0.05, 0) is 63.3 Å². The molecular weight excluding hydrogens is 460 g/mol. The minimum absolute atomic E-state index is 0.0131. The number of hydrogen-bond acceptors (Lipinski definition) is 5. The first-order valence-corrected chi connectivity index (χ1v) is 12.4. The molecule has 32 heavy (non-hydrogen) atoms. The number of hydrogen-bond donors (Lipinski definition) is 0. The summed E-state index contributed by atoms with van der Waals surface area (Å²) in [7, 11) is -0.494. The Balaban J connectivity index is 2.00. The summed E-state index contributed by atoms with van der Waals surface area (Å²) >= 11 is 5.98. The van der Waals surface area contributed by atoms with Crippen molar-refractivity contribution < 1.29 is 26.7 Å². The van der Waals surface area contributed by atoms with Gasteiger partial charge in [0.15, 0.2) is 21.4 Å². The topological polar surface area (TPSA) is 55.8 Å². The highest BCUT2D eigenvalue weighted by Gasteiger charge is 2.67. The first-order chi connectivity index (χ1) is 15.1. The van der Waals surface area contributed by atoms with Crippen LogP contribution in [-0.4, -0.2) is 52.8 Å².